The quantitative estimate of drug-likeness (QED) is 0.486. The van der Waals surface area contributed by atoms with Crippen LogP contribution in [0.25, 0.3) is 0 Å². The predicted octanol–water partition coefficient (Wildman–Crippen LogP) is 5.57. The molecule has 3 heteroatoms. The van der Waals surface area contributed by atoms with Gasteiger partial charge in [-0.1, -0.05) is 67.6 Å². The lowest BCUT2D eigenvalue weighted by atomic mass is 9.76. The SMILES string of the molecule is CCC(C(=O)c1ccccc1)C(C(=O)c1ccc(OC)cc1)c1ccccc1. The van der Waals surface area contributed by atoms with Gasteiger partial charge in [-0.3, -0.25) is 9.59 Å². The van der Waals surface area contributed by atoms with Crippen molar-refractivity contribution in [3.05, 3.63) is 102 Å². The zero-order valence-electron chi connectivity index (χ0n) is 16.2. The van der Waals surface area contributed by atoms with Crippen molar-refractivity contribution in [2.45, 2.75) is 19.3 Å². The largest absolute Gasteiger partial charge is 0.497 e. The maximum absolute atomic E-state index is 13.5. The van der Waals surface area contributed by atoms with Crippen LogP contribution in [0.1, 0.15) is 45.5 Å². The van der Waals surface area contributed by atoms with E-state index in [1.54, 1.807) is 31.4 Å². The van der Waals surface area contributed by atoms with Crippen molar-refractivity contribution in [3.63, 3.8) is 0 Å². The van der Waals surface area contributed by atoms with Crippen LogP contribution in [0.3, 0.4) is 0 Å². The summed E-state index contributed by atoms with van der Waals surface area (Å²) in [7, 11) is 1.59. The molecule has 0 aliphatic heterocycles. The van der Waals surface area contributed by atoms with Crippen LogP contribution in [0.5, 0.6) is 5.75 Å². The van der Waals surface area contributed by atoms with Crippen LogP contribution in [-0.2, 0) is 0 Å². The molecule has 3 aromatic carbocycles. The summed E-state index contributed by atoms with van der Waals surface area (Å²) < 4.78 is 5.19. The van der Waals surface area contributed by atoms with Gasteiger partial charge in [-0.05, 0) is 36.2 Å². The van der Waals surface area contributed by atoms with Gasteiger partial charge in [0.2, 0.25) is 0 Å². The molecule has 0 saturated heterocycles. The van der Waals surface area contributed by atoms with Crippen LogP contribution in [-0.4, -0.2) is 18.7 Å². The minimum Gasteiger partial charge on any atom is -0.497 e. The first-order chi connectivity index (χ1) is 13.7. The maximum Gasteiger partial charge on any atom is 0.171 e. The molecule has 2 unspecified atom stereocenters. The van der Waals surface area contributed by atoms with Crippen molar-refractivity contribution in [2.24, 2.45) is 5.92 Å². The van der Waals surface area contributed by atoms with Crippen molar-refractivity contribution >= 4 is 11.6 Å². The Morgan fingerprint density at radius 2 is 1.29 bits per heavy atom. The highest BCUT2D eigenvalue weighted by Gasteiger charge is 2.34. The fourth-order valence-electron chi connectivity index (χ4n) is 3.55. The second kappa shape index (κ2) is 9.14. The summed E-state index contributed by atoms with van der Waals surface area (Å²) in [6, 6.07) is 25.8. The number of hydrogen-bond donors (Lipinski definition) is 0. The van der Waals surface area contributed by atoms with E-state index in [0.29, 0.717) is 23.3 Å². The van der Waals surface area contributed by atoms with E-state index >= 15 is 0 Å². The lowest BCUT2D eigenvalue weighted by Crippen LogP contribution is -2.28. The Labute approximate surface area is 166 Å². The lowest BCUT2D eigenvalue weighted by Gasteiger charge is -2.25. The number of hydrogen-bond acceptors (Lipinski definition) is 3. The molecule has 3 aromatic rings. The van der Waals surface area contributed by atoms with Crippen molar-refractivity contribution in [1.29, 1.82) is 0 Å². The van der Waals surface area contributed by atoms with E-state index in [9.17, 15) is 9.59 Å². The van der Waals surface area contributed by atoms with E-state index in [0.717, 1.165) is 5.56 Å². The van der Waals surface area contributed by atoms with Crippen LogP contribution in [0.4, 0.5) is 0 Å². The normalized spacial score (nSPS) is 12.8. The highest BCUT2D eigenvalue weighted by Crippen LogP contribution is 2.33. The molecular formula is C25H24O3. The number of Topliss-reactive ketones (excluding diaryl/α,β-unsaturated/α-hetero) is 2. The van der Waals surface area contributed by atoms with Crippen molar-refractivity contribution in [2.75, 3.05) is 7.11 Å². The molecule has 0 fully saturated rings. The summed E-state index contributed by atoms with van der Waals surface area (Å²) in [5.41, 5.74) is 2.08. The number of rotatable bonds is 8. The minimum atomic E-state index is -0.535. The second-order valence-electron chi connectivity index (χ2n) is 6.73. The Morgan fingerprint density at radius 1 is 0.750 bits per heavy atom. The Bertz CT molecular complexity index is 915. The zero-order chi connectivity index (χ0) is 19.9. The van der Waals surface area contributed by atoms with Crippen molar-refractivity contribution < 1.29 is 14.3 Å². The molecule has 0 radical (unpaired) electrons. The molecule has 0 heterocycles. The molecule has 0 aliphatic carbocycles. The molecule has 3 nitrogen and oxygen atoms in total. The summed E-state index contributed by atoms with van der Waals surface area (Å²) in [5.74, 6) is -0.323. The monoisotopic (exact) mass is 372 g/mol. The van der Waals surface area contributed by atoms with Gasteiger partial charge in [-0.15, -0.1) is 0 Å². The Morgan fingerprint density at radius 3 is 1.82 bits per heavy atom. The van der Waals surface area contributed by atoms with Gasteiger partial charge in [0, 0.05) is 17.0 Å². The van der Waals surface area contributed by atoms with Gasteiger partial charge in [0.25, 0.3) is 0 Å². The lowest BCUT2D eigenvalue weighted by molar-refractivity contribution is 0.0816. The topological polar surface area (TPSA) is 43.4 Å². The summed E-state index contributed by atoms with van der Waals surface area (Å²) in [5, 5.41) is 0. The number of ketones is 2. The first kappa shape index (κ1) is 19.6. The first-order valence-electron chi connectivity index (χ1n) is 9.48. The predicted molar refractivity (Wildman–Crippen MR) is 111 cm³/mol. The molecule has 3 rings (SSSR count). The van der Waals surface area contributed by atoms with Gasteiger partial charge in [-0.2, -0.15) is 0 Å². The van der Waals surface area contributed by atoms with Crippen molar-refractivity contribution in [1.82, 2.24) is 0 Å². The maximum atomic E-state index is 13.5. The summed E-state index contributed by atoms with van der Waals surface area (Å²) in [6.07, 6.45) is 0.579. The third kappa shape index (κ3) is 4.20. The highest BCUT2D eigenvalue weighted by molar-refractivity contribution is 6.07. The third-order valence-corrected chi connectivity index (χ3v) is 5.05. The van der Waals surface area contributed by atoms with Crippen LogP contribution in [0, 0.1) is 5.92 Å². The van der Waals surface area contributed by atoms with E-state index in [2.05, 4.69) is 0 Å². The number of carbonyl (C=O) groups is 2. The van der Waals surface area contributed by atoms with E-state index < -0.39 is 11.8 Å². The van der Waals surface area contributed by atoms with Gasteiger partial charge in [0.1, 0.15) is 5.75 Å². The Kier molecular flexibility index (Phi) is 6.38. The average Bonchev–Trinajstić information content (AvgIpc) is 2.77. The molecule has 2 atom stereocenters. The molecular weight excluding hydrogens is 348 g/mol. The van der Waals surface area contributed by atoms with Gasteiger partial charge >= 0.3 is 0 Å². The van der Waals surface area contributed by atoms with E-state index in [1.807, 2.05) is 67.6 Å². The number of methoxy groups -OCH3 is 1. The van der Waals surface area contributed by atoms with Crippen LogP contribution < -0.4 is 4.74 Å². The Balaban J connectivity index is 2.02. The van der Waals surface area contributed by atoms with Gasteiger partial charge in [0.15, 0.2) is 11.6 Å². The Hall–Kier alpha value is -3.20. The molecule has 0 amide bonds. The van der Waals surface area contributed by atoms with Crippen LogP contribution >= 0.6 is 0 Å². The molecule has 0 bridgehead atoms. The first-order valence-corrected chi connectivity index (χ1v) is 9.48. The average molecular weight is 372 g/mol. The fourth-order valence-corrected chi connectivity index (χ4v) is 3.55. The van der Waals surface area contributed by atoms with E-state index in [4.69, 9.17) is 4.74 Å². The molecule has 0 aromatic heterocycles. The number of ether oxygens (including phenoxy) is 1. The van der Waals surface area contributed by atoms with Crippen LogP contribution in [0.15, 0.2) is 84.9 Å². The molecule has 0 spiro atoms. The smallest absolute Gasteiger partial charge is 0.171 e. The summed E-state index contributed by atoms with van der Waals surface area (Å²) in [4.78, 5) is 26.7. The molecule has 0 saturated carbocycles. The van der Waals surface area contributed by atoms with Gasteiger partial charge in [-0.25, -0.2) is 0 Å². The standard InChI is InChI=1S/C25H24O3/c1-3-22(24(26)19-12-8-5-9-13-19)23(18-10-6-4-7-11-18)25(27)20-14-16-21(28-2)17-15-20/h4-17,22-23H,3H2,1-2H3. The fraction of sp³-hybridized carbons (Fsp3) is 0.200. The summed E-state index contributed by atoms with van der Waals surface area (Å²) in [6.45, 7) is 1.96. The number of carbonyl (C=O) groups excluding carboxylic acids is 2. The van der Waals surface area contributed by atoms with E-state index in [-0.39, 0.29) is 11.6 Å². The van der Waals surface area contributed by atoms with E-state index in [1.165, 1.54) is 0 Å². The molecule has 28 heavy (non-hydrogen) atoms. The molecule has 0 aliphatic rings. The van der Waals surface area contributed by atoms with Crippen LogP contribution in [0.2, 0.25) is 0 Å². The molecule has 142 valence electrons. The van der Waals surface area contributed by atoms with Gasteiger partial charge < -0.3 is 4.74 Å². The zero-order valence-corrected chi connectivity index (χ0v) is 16.2. The molecule has 0 N–H and O–H groups in total. The minimum absolute atomic E-state index is 0.00110. The third-order valence-electron chi connectivity index (χ3n) is 5.05. The number of benzene rings is 3. The highest BCUT2D eigenvalue weighted by atomic mass is 16.5. The van der Waals surface area contributed by atoms with Crippen molar-refractivity contribution in [3.8, 4) is 5.75 Å². The second-order valence-corrected chi connectivity index (χ2v) is 6.73. The van der Waals surface area contributed by atoms with Gasteiger partial charge in [0.05, 0.1) is 13.0 Å². The summed E-state index contributed by atoms with van der Waals surface area (Å²) >= 11 is 0.